The predicted octanol–water partition coefficient (Wildman–Crippen LogP) is 3.62. The van der Waals surface area contributed by atoms with E-state index in [1.54, 1.807) is 14.2 Å². The van der Waals surface area contributed by atoms with Crippen LogP contribution in [0.3, 0.4) is 0 Å². The summed E-state index contributed by atoms with van der Waals surface area (Å²) < 4.78 is 11.5. The third-order valence-electron chi connectivity index (χ3n) is 5.58. The van der Waals surface area contributed by atoms with Gasteiger partial charge in [-0.25, -0.2) is 0 Å². The maximum Gasteiger partial charge on any atom is 0.191 e. The second-order valence-electron chi connectivity index (χ2n) is 7.42. The Kier molecular flexibility index (Phi) is 7.59. The lowest BCUT2D eigenvalue weighted by atomic mass is 9.57. The fraction of sp³-hybridized carbons (Fsp3) is 0.632. The Morgan fingerprint density at radius 1 is 1.46 bits per heavy atom. The monoisotopic (exact) mass is 493 g/mol. The predicted molar refractivity (Wildman–Crippen MR) is 117 cm³/mol. The molecule has 4 atom stereocenters. The molecule has 2 aliphatic rings. The molecule has 1 aromatic rings. The van der Waals surface area contributed by atoms with Crippen molar-refractivity contribution < 1.29 is 9.47 Å². The minimum Gasteiger partial charge on any atom is -0.377 e. The van der Waals surface area contributed by atoms with Crippen molar-refractivity contribution in [1.82, 2.24) is 10.6 Å². The summed E-state index contributed by atoms with van der Waals surface area (Å²) in [5.74, 6) is 1.37. The number of rotatable bonds is 5. The Hall–Kier alpha value is -0.570. The number of methoxy groups -OCH3 is 1. The number of ether oxygens (including phenoxy) is 2. The van der Waals surface area contributed by atoms with E-state index in [0.29, 0.717) is 29.6 Å². The average molecular weight is 494 g/mol. The quantitative estimate of drug-likeness (QED) is 0.374. The molecule has 146 valence electrons. The van der Waals surface area contributed by atoms with Crippen LogP contribution in [-0.4, -0.2) is 45.4 Å². The van der Waals surface area contributed by atoms with Crippen LogP contribution in [0.5, 0.6) is 0 Å². The number of nitrogens with zero attached hydrogens (tertiary/aromatic N) is 1. The van der Waals surface area contributed by atoms with E-state index in [1.807, 2.05) is 24.3 Å². The van der Waals surface area contributed by atoms with Gasteiger partial charge in [-0.05, 0) is 24.1 Å². The lowest BCUT2D eigenvalue weighted by molar-refractivity contribution is -0.106. The van der Waals surface area contributed by atoms with Gasteiger partial charge in [0.15, 0.2) is 5.96 Å². The largest absolute Gasteiger partial charge is 0.377 e. The van der Waals surface area contributed by atoms with Gasteiger partial charge in [-0.3, -0.25) is 4.99 Å². The van der Waals surface area contributed by atoms with E-state index in [1.165, 1.54) is 0 Å². The van der Waals surface area contributed by atoms with Crippen molar-refractivity contribution in [3.63, 3.8) is 0 Å². The fourth-order valence-electron chi connectivity index (χ4n) is 4.19. The standard InChI is InChI=1S/C19H28ClN3O2.HI/c1-19(2)16(14-8-9-25-17(14)19)23-18(21-3)22-11-15(24-4)12-6-5-7-13(20)10-12;/h5-7,10,14-17H,8-9,11H2,1-4H3,(H2,21,22,23);1H. The van der Waals surface area contributed by atoms with Gasteiger partial charge in [0, 0.05) is 49.7 Å². The first-order valence-electron chi connectivity index (χ1n) is 8.84. The van der Waals surface area contributed by atoms with Gasteiger partial charge < -0.3 is 20.1 Å². The van der Waals surface area contributed by atoms with Crippen LogP contribution in [0.25, 0.3) is 0 Å². The molecule has 1 aliphatic heterocycles. The zero-order chi connectivity index (χ0) is 18.0. The number of hydrogen-bond donors (Lipinski definition) is 2. The minimum atomic E-state index is -0.0887. The average Bonchev–Trinajstić information content (AvgIpc) is 3.05. The highest BCUT2D eigenvalue weighted by Crippen LogP contribution is 2.52. The highest BCUT2D eigenvalue weighted by atomic mass is 127. The summed E-state index contributed by atoms with van der Waals surface area (Å²) in [6.07, 6.45) is 1.39. The van der Waals surface area contributed by atoms with Crippen LogP contribution in [0.4, 0.5) is 0 Å². The summed E-state index contributed by atoms with van der Waals surface area (Å²) in [6, 6.07) is 8.13. The van der Waals surface area contributed by atoms with Crippen molar-refractivity contribution in [2.24, 2.45) is 16.3 Å². The van der Waals surface area contributed by atoms with Crippen LogP contribution in [0.15, 0.2) is 29.3 Å². The van der Waals surface area contributed by atoms with Gasteiger partial charge in [0.25, 0.3) is 0 Å². The Balaban J connectivity index is 0.00000243. The van der Waals surface area contributed by atoms with E-state index in [9.17, 15) is 0 Å². The number of aliphatic imine (C=N–C) groups is 1. The molecule has 1 aromatic carbocycles. The van der Waals surface area contributed by atoms with Gasteiger partial charge in [-0.15, -0.1) is 24.0 Å². The molecular weight excluding hydrogens is 465 g/mol. The maximum atomic E-state index is 6.09. The number of fused-ring (bicyclic) bond motifs is 1. The summed E-state index contributed by atoms with van der Waals surface area (Å²) in [7, 11) is 3.50. The fourth-order valence-corrected chi connectivity index (χ4v) is 4.39. The molecule has 0 radical (unpaired) electrons. The summed E-state index contributed by atoms with van der Waals surface area (Å²) in [5, 5.41) is 7.68. The van der Waals surface area contributed by atoms with Crippen molar-refractivity contribution in [2.45, 2.75) is 38.5 Å². The Bertz CT molecular complexity index is 641. The summed E-state index contributed by atoms with van der Waals surface area (Å²) >= 11 is 6.09. The highest BCUT2D eigenvalue weighted by molar-refractivity contribution is 14.0. The van der Waals surface area contributed by atoms with Gasteiger partial charge in [0.1, 0.15) is 0 Å². The third kappa shape index (κ3) is 4.29. The van der Waals surface area contributed by atoms with Crippen LogP contribution in [0, 0.1) is 11.3 Å². The van der Waals surface area contributed by atoms with E-state index >= 15 is 0 Å². The van der Waals surface area contributed by atoms with E-state index in [-0.39, 0.29) is 35.5 Å². The molecule has 1 saturated heterocycles. The molecule has 4 unspecified atom stereocenters. The lowest BCUT2D eigenvalue weighted by Gasteiger charge is -2.54. The third-order valence-corrected chi connectivity index (χ3v) is 5.81. The molecule has 2 N–H and O–H groups in total. The molecule has 1 aliphatic carbocycles. The Morgan fingerprint density at radius 2 is 2.23 bits per heavy atom. The molecule has 1 heterocycles. The second kappa shape index (κ2) is 9.08. The topological polar surface area (TPSA) is 54.9 Å². The molecule has 26 heavy (non-hydrogen) atoms. The number of halogens is 2. The number of nitrogens with one attached hydrogen (secondary N) is 2. The van der Waals surface area contributed by atoms with Gasteiger partial charge in [-0.1, -0.05) is 37.6 Å². The highest BCUT2D eigenvalue weighted by Gasteiger charge is 2.59. The first kappa shape index (κ1) is 21.7. The molecule has 0 amide bonds. The van der Waals surface area contributed by atoms with E-state index < -0.39 is 0 Å². The van der Waals surface area contributed by atoms with E-state index in [0.717, 1.165) is 24.6 Å². The van der Waals surface area contributed by atoms with Gasteiger partial charge in [0.2, 0.25) is 0 Å². The van der Waals surface area contributed by atoms with Crippen LogP contribution in [0.2, 0.25) is 5.02 Å². The summed E-state index contributed by atoms with van der Waals surface area (Å²) in [6.45, 7) is 6.00. The molecule has 7 heteroatoms. The van der Waals surface area contributed by atoms with Crippen molar-refractivity contribution in [3.05, 3.63) is 34.9 Å². The lowest BCUT2D eigenvalue weighted by Crippen LogP contribution is -2.68. The van der Waals surface area contributed by atoms with E-state index in [4.69, 9.17) is 21.1 Å². The van der Waals surface area contributed by atoms with Gasteiger partial charge in [-0.2, -0.15) is 0 Å². The molecule has 0 spiro atoms. The molecule has 2 fully saturated rings. The van der Waals surface area contributed by atoms with Crippen molar-refractivity contribution in [1.29, 1.82) is 0 Å². The normalized spacial score (nSPS) is 27.7. The Labute approximate surface area is 178 Å². The molecule has 3 rings (SSSR count). The van der Waals surface area contributed by atoms with Crippen molar-refractivity contribution in [2.75, 3.05) is 27.3 Å². The summed E-state index contributed by atoms with van der Waals surface area (Å²) in [4.78, 5) is 4.38. The first-order valence-corrected chi connectivity index (χ1v) is 9.22. The summed E-state index contributed by atoms with van der Waals surface area (Å²) in [5.41, 5.74) is 1.16. The zero-order valence-electron chi connectivity index (χ0n) is 15.8. The molecule has 1 saturated carbocycles. The van der Waals surface area contributed by atoms with Crippen LogP contribution < -0.4 is 10.6 Å². The number of guanidine groups is 1. The number of hydrogen-bond acceptors (Lipinski definition) is 3. The van der Waals surface area contributed by atoms with Crippen molar-refractivity contribution >= 4 is 41.5 Å². The smallest absolute Gasteiger partial charge is 0.191 e. The van der Waals surface area contributed by atoms with Crippen LogP contribution >= 0.6 is 35.6 Å². The second-order valence-corrected chi connectivity index (χ2v) is 7.86. The molecule has 0 bridgehead atoms. The van der Waals surface area contributed by atoms with E-state index in [2.05, 4.69) is 29.5 Å². The van der Waals surface area contributed by atoms with Crippen molar-refractivity contribution in [3.8, 4) is 0 Å². The molecule has 0 aromatic heterocycles. The zero-order valence-corrected chi connectivity index (χ0v) is 18.9. The number of benzene rings is 1. The molecular formula is C19H29ClIN3O2. The molecule has 5 nitrogen and oxygen atoms in total. The van der Waals surface area contributed by atoms with Gasteiger partial charge >= 0.3 is 0 Å². The SMILES string of the molecule is CN=C(NCC(OC)c1cccc(Cl)c1)NC1C2CCOC2C1(C)C.I. The van der Waals surface area contributed by atoms with Crippen LogP contribution in [-0.2, 0) is 9.47 Å². The maximum absolute atomic E-state index is 6.09. The first-order chi connectivity index (χ1) is 12.0. The van der Waals surface area contributed by atoms with Gasteiger partial charge in [0.05, 0.1) is 12.2 Å². The minimum absolute atomic E-state index is 0. The Morgan fingerprint density at radius 3 is 2.88 bits per heavy atom. The van der Waals surface area contributed by atoms with Crippen LogP contribution in [0.1, 0.15) is 31.9 Å².